The molecule has 0 unspecified atom stereocenters. The van der Waals surface area contributed by atoms with E-state index in [1.807, 2.05) is 0 Å². The average Bonchev–Trinajstić information content (AvgIpc) is 2.94. The maximum Gasteiger partial charge on any atom is 1.00 e. The standard InChI is InChI=1S/C10H10N4O6.Na/c15-4-5(16)9(20-6(4)10(18)19)14-2-13-3-7(14)11-1-12-8(3)17;/h1-2,4-6,9,15-16H,(H,18,19)(H,11,12,17);/q;+1/p-1/t4-,5+,6-,9+;/m0./s1. The summed E-state index contributed by atoms with van der Waals surface area (Å²) in [7, 11) is 0. The molecule has 0 saturated carbocycles. The number of carbonyl (C=O) groups excluding carboxylic acids is 1. The number of ether oxygens (including phenoxy) is 1. The van der Waals surface area contributed by atoms with E-state index in [-0.39, 0.29) is 40.7 Å². The number of carbonyl (C=O) groups is 1. The predicted octanol–water partition coefficient (Wildman–Crippen LogP) is -6.51. The third kappa shape index (κ3) is 2.50. The van der Waals surface area contributed by atoms with Crippen LogP contribution in [0.1, 0.15) is 6.23 Å². The third-order valence-electron chi connectivity index (χ3n) is 3.11. The molecular formula is C10H9N4NaO6. The fraction of sp³-hybridized carbons (Fsp3) is 0.400. The van der Waals surface area contributed by atoms with Crippen LogP contribution in [0.15, 0.2) is 17.4 Å². The molecule has 3 N–H and O–H groups in total. The third-order valence-corrected chi connectivity index (χ3v) is 3.11. The first-order chi connectivity index (χ1) is 9.50. The number of aromatic nitrogens is 4. The van der Waals surface area contributed by atoms with E-state index in [4.69, 9.17) is 4.74 Å². The SMILES string of the molecule is O=C([O-])[C@H]1O[C@@H](n2cnc3c(=O)[nH]cnc32)[C@H](O)[C@@H]1O.[Na+]. The predicted molar refractivity (Wildman–Crippen MR) is 59.1 cm³/mol. The molecule has 0 spiro atoms. The zero-order valence-electron chi connectivity index (χ0n) is 10.8. The summed E-state index contributed by atoms with van der Waals surface area (Å²) in [5, 5.41) is 30.2. The average molecular weight is 304 g/mol. The van der Waals surface area contributed by atoms with Gasteiger partial charge in [-0.3, -0.25) is 9.36 Å². The molecule has 1 aliphatic heterocycles. The summed E-state index contributed by atoms with van der Waals surface area (Å²) < 4.78 is 6.23. The van der Waals surface area contributed by atoms with Gasteiger partial charge in [0.15, 0.2) is 17.4 Å². The Kier molecular flexibility index (Phi) is 4.46. The number of hydrogen-bond donors (Lipinski definition) is 3. The van der Waals surface area contributed by atoms with E-state index < -0.39 is 36.1 Å². The quantitative estimate of drug-likeness (QED) is 0.463. The van der Waals surface area contributed by atoms with Crippen LogP contribution in [0, 0.1) is 0 Å². The second-order valence-electron chi connectivity index (χ2n) is 4.30. The molecule has 0 amide bonds. The number of carboxylic acid groups (broad SMARTS) is 1. The number of H-pyrrole nitrogens is 1. The number of fused-ring (bicyclic) bond motifs is 1. The number of imidazole rings is 1. The molecule has 21 heavy (non-hydrogen) atoms. The van der Waals surface area contributed by atoms with Crippen molar-refractivity contribution in [2.75, 3.05) is 0 Å². The smallest absolute Gasteiger partial charge is 0.547 e. The fourth-order valence-electron chi connectivity index (χ4n) is 2.13. The number of hydrogen-bond acceptors (Lipinski definition) is 8. The van der Waals surface area contributed by atoms with Gasteiger partial charge in [-0.1, -0.05) is 0 Å². The first-order valence-corrected chi connectivity index (χ1v) is 5.63. The minimum atomic E-state index is -1.67. The van der Waals surface area contributed by atoms with Gasteiger partial charge < -0.3 is 29.8 Å². The van der Waals surface area contributed by atoms with Crippen molar-refractivity contribution >= 4 is 17.1 Å². The van der Waals surface area contributed by atoms with Crippen molar-refractivity contribution in [2.24, 2.45) is 0 Å². The van der Waals surface area contributed by atoms with Crippen LogP contribution in [-0.4, -0.2) is 54.0 Å². The summed E-state index contributed by atoms with van der Waals surface area (Å²) in [6.45, 7) is 0. The van der Waals surface area contributed by atoms with Gasteiger partial charge in [0.05, 0.1) is 18.6 Å². The Hall–Kier alpha value is -1.30. The van der Waals surface area contributed by atoms with Crippen LogP contribution in [0.25, 0.3) is 11.2 Å². The van der Waals surface area contributed by atoms with Crippen molar-refractivity contribution in [3.63, 3.8) is 0 Å². The van der Waals surface area contributed by atoms with Crippen LogP contribution in [0.2, 0.25) is 0 Å². The molecule has 1 fully saturated rings. The Morgan fingerprint density at radius 2 is 2.10 bits per heavy atom. The van der Waals surface area contributed by atoms with Crippen LogP contribution < -0.4 is 40.2 Å². The number of rotatable bonds is 2. The van der Waals surface area contributed by atoms with Crippen molar-refractivity contribution in [3.8, 4) is 0 Å². The molecule has 0 aliphatic carbocycles. The minimum absolute atomic E-state index is 0. The normalized spacial score (nSPS) is 28.5. The number of aromatic amines is 1. The van der Waals surface area contributed by atoms with Crippen LogP contribution >= 0.6 is 0 Å². The van der Waals surface area contributed by atoms with Gasteiger partial charge in [-0.15, -0.1) is 0 Å². The van der Waals surface area contributed by atoms with Crippen LogP contribution in [0.3, 0.4) is 0 Å². The Morgan fingerprint density at radius 3 is 2.71 bits per heavy atom. The summed E-state index contributed by atoms with van der Waals surface area (Å²) in [6, 6.07) is 0. The Balaban J connectivity index is 0.00000161. The Labute approximate surface area is 138 Å². The van der Waals surface area contributed by atoms with E-state index in [1.165, 1.54) is 10.9 Å². The summed E-state index contributed by atoms with van der Waals surface area (Å²) in [4.78, 5) is 32.3. The monoisotopic (exact) mass is 304 g/mol. The van der Waals surface area contributed by atoms with Gasteiger partial charge in [-0.05, 0) is 0 Å². The fourth-order valence-corrected chi connectivity index (χ4v) is 2.13. The molecule has 2 aromatic heterocycles. The first kappa shape index (κ1) is 16.1. The van der Waals surface area contributed by atoms with Crippen molar-refractivity contribution in [1.29, 1.82) is 0 Å². The topological polar surface area (TPSA) is 153 Å². The molecule has 1 aliphatic rings. The molecule has 106 valence electrons. The summed E-state index contributed by atoms with van der Waals surface area (Å²) in [5.41, 5.74) is -0.378. The van der Waals surface area contributed by atoms with Crippen molar-refractivity contribution < 1.29 is 54.4 Å². The first-order valence-electron chi connectivity index (χ1n) is 5.63. The van der Waals surface area contributed by atoms with Gasteiger partial charge >= 0.3 is 29.6 Å². The van der Waals surface area contributed by atoms with E-state index in [9.17, 15) is 24.9 Å². The van der Waals surface area contributed by atoms with Gasteiger partial charge in [0, 0.05) is 0 Å². The Morgan fingerprint density at radius 1 is 1.38 bits per heavy atom. The van der Waals surface area contributed by atoms with E-state index in [0.717, 1.165) is 6.33 Å². The van der Waals surface area contributed by atoms with Crippen LogP contribution in [0.5, 0.6) is 0 Å². The number of nitrogens with one attached hydrogen (secondary N) is 1. The van der Waals surface area contributed by atoms with Gasteiger partial charge in [-0.25, -0.2) is 9.97 Å². The number of nitrogens with zero attached hydrogens (tertiary/aromatic N) is 3. The van der Waals surface area contributed by atoms with E-state index in [0.29, 0.717) is 0 Å². The van der Waals surface area contributed by atoms with E-state index >= 15 is 0 Å². The molecule has 10 nitrogen and oxygen atoms in total. The number of aliphatic hydroxyl groups excluding tert-OH is 2. The van der Waals surface area contributed by atoms with Gasteiger partial charge in [-0.2, -0.15) is 0 Å². The molecule has 4 atom stereocenters. The van der Waals surface area contributed by atoms with Crippen molar-refractivity contribution in [3.05, 3.63) is 23.0 Å². The molecule has 0 bridgehead atoms. The molecule has 0 aromatic carbocycles. The maximum absolute atomic E-state index is 11.5. The van der Waals surface area contributed by atoms with Crippen molar-refractivity contribution in [2.45, 2.75) is 24.5 Å². The zero-order valence-corrected chi connectivity index (χ0v) is 12.8. The van der Waals surface area contributed by atoms with Crippen LogP contribution in [0.4, 0.5) is 0 Å². The van der Waals surface area contributed by atoms with Gasteiger partial charge in [0.1, 0.15) is 18.3 Å². The minimum Gasteiger partial charge on any atom is -0.547 e. The Bertz CT molecular complexity index is 730. The van der Waals surface area contributed by atoms with E-state index in [1.54, 1.807) is 0 Å². The zero-order chi connectivity index (χ0) is 14.4. The molecular weight excluding hydrogens is 295 g/mol. The molecule has 11 heteroatoms. The largest absolute Gasteiger partial charge is 1.00 e. The van der Waals surface area contributed by atoms with Gasteiger partial charge in [0.25, 0.3) is 5.56 Å². The molecule has 3 heterocycles. The second-order valence-corrected chi connectivity index (χ2v) is 4.30. The number of aliphatic carboxylic acids is 1. The van der Waals surface area contributed by atoms with E-state index in [2.05, 4.69) is 15.0 Å². The van der Waals surface area contributed by atoms with Crippen molar-refractivity contribution in [1.82, 2.24) is 19.5 Å². The summed E-state index contributed by atoms with van der Waals surface area (Å²) in [6.07, 6.45) is -3.76. The van der Waals surface area contributed by atoms with Gasteiger partial charge in [0.2, 0.25) is 0 Å². The maximum atomic E-state index is 11.5. The number of carboxylic acids is 1. The molecule has 1 saturated heterocycles. The molecule has 3 rings (SSSR count). The summed E-state index contributed by atoms with van der Waals surface area (Å²) >= 11 is 0. The molecule has 2 aromatic rings. The molecule has 0 radical (unpaired) electrons. The summed E-state index contributed by atoms with van der Waals surface area (Å²) in [5.74, 6) is -1.64. The van der Waals surface area contributed by atoms with Crippen LogP contribution in [-0.2, 0) is 9.53 Å². The number of aliphatic hydroxyl groups is 2. The second kappa shape index (κ2) is 5.83.